The van der Waals surface area contributed by atoms with Crippen LogP contribution in [0.4, 0.5) is 0 Å². The smallest absolute Gasteiger partial charge is 0.0625 e. The van der Waals surface area contributed by atoms with E-state index in [4.69, 9.17) is 0 Å². The number of hydrogen-bond acceptors (Lipinski definition) is 2. The topological polar surface area (TPSA) is 29.9 Å². The molecule has 0 aliphatic rings. The summed E-state index contributed by atoms with van der Waals surface area (Å²) in [5.41, 5.74) is 7.67. The maximum absolute atomic E-state index is 4.68. The lowest BCUT2D eigenvalue weighted by Crippen LogP contribution is -2.26. The quantitative estimate of drug-likeness (QED) is 0.906. The van der Waals surface area contributed by atoms with Crippen molar-refractivity contribution in [3.63, 3.8) is 0 Å². The van der Waals surface area contributed by atoms with E-state index in [1.54, 1.807) is 0 Å². The van der Waals surface area contributed by atoms with Gasteiger partial charge in [-0.3, -0.25) is 4.68 Å². The third-order valence-electron chi connectivity index (χ3n) is 4.20. The molecule has 0 amide bonds. The molecule has 1 heterocycles. The molecule has 1 atom stereocenters. The van der Waals surface area contributed by atoms with Gasteiger partial charge in [0.1, 0.15) is 0 Å². The van der Waals surface area contributed by atoms with Crippen LogP contribution >= 0.6 is 0 Å². The van der Waals surface area contributed by atoms with Crippen LogP contribution in [0.25, 0.3) is 0 Å². The molecule has 21 heavy (non-hydrogen) atoms. The molecule has 3 nitrogen and oxygen atoms in total. The van der Waals surface area contributed by atoms with Gasteiger partial charge in [0.2, 0.25) is 0 Å². The number of benzene rings is 1. The number of likely N-dealkylation sites (N-methyl/N-ethyl adjacent to an activating group) is 1. The first-order valence-electron chi connectivity index (χ1n) is 7.74. The van der Waals surface area contributed by atoms with Gasteiger partial charge in [-0.05, 0) is 52.3 Å². The van der Waals surface area contributed by atoms with Gasteiger partial charge in [0.05, 0.1) is 18.3 Å². The van der Waals surface area contributed by atoms with Gasteiger partial charge in [-0.15, -0.1) is 0 Å². The van der Waals surface area contributed by atoms with Crippen molar-refractivity contribution in [3.8, 4) is 0 Å². The molecule has 1 N–H and O–H groups in total. The summed E-state index contributed by atoms with van der Waals surface area (Å²) in [6.45, 7) is 14.7. The summed E-state index contributed by atoms with van der Waals surface area (Å²) in [5, 5.41) is 8.28. The molecular formula is C18H27N3. The molecule has 1 aromatic heterocycles. The Labute approximate surface area is 128 Å². The zero-order valence-corrected chi connectivity index (χ0v) is 14.1. The van der Waals surface area contributed by atoms with Gasteiger partial charge < -0.3 is 5.32 Å². The van der Waals surface area contributed by atoms with E-state index in [9.17, 15) is 0 Å². The Morgan fingerprint density at radius 3 is 2.14 bits per heavy atom. The van der Waals surface area contributed by atoms with Crippen molar-refractivity contribution in [3.05, 3.63) is 51.8 Å². The maximum Gasteiger partial charge on any atom is 0.0625 e. The minimum Gasteiger partial charge on any atom is -0.309 e. The summed E-state index contributed by atoms with van der Waals surface area (Å²) in [4.78, 5) is 0. The van der Waals surface area contributed by atoms with Crippen molar-refractivity contribution >= 4 is 0 Å². The molecule has 0 aliphatic carbocycles. The molecule has 0 saturated carbocycles. The van der Waals surface area contributed by atoms with Crippen LogP contribution in [0.5, 0.6) is 0 Å². The molecule has 3 heteroatoms. The van der Waals surface area contributed by atoms with E-state index >= 15 is 0 Å². The summed E-state index contributed by atoms with van der Waals surface area (Å²) in [7, 11) is 0. The van der Waals surface area contributed by atoms with Crippen LogP contribution in [0, 0.1) is 34.6 Å². The van der Waals surface area contributed by atoms with Gasteiger partial charge in [0.25, 0.3) is 0 Å². The lowest BCUT2D eigenvalue weighted by molar-refractivity contribution is 0.440. The fourth-order valence-corrected chi connectivity index (χ4v) is 2.88. The Balaban J connectivity index is 2.32. The Hall–Kier alpha value is -1.61. The summed E-state index contributed by atoms with van der Waals surface area (Å²) in [6, 6.07) is 7.07. The van der Waals surface area contributed by atoms with E-state index < -0.39 is 0 Å². The van der Waals surface area contributed by atoms with Crippen LogP contribution in [0.2, 0.25) is 0 Å². The highest BCUT2D eigenvalue weighted by Crippen LogP contribution is 2.21. The number of nitrogens with zero attached hydrogens (tertiary/aromatic N) is 2. The van der Waals surface area contributed by atoms with Crippen LogP contribution in [-0.4, -0.2) is 16.3 Å². The van der Waals surface area contributed by atoms with Crippen LogP contribution < -0.4 is 5.32 Å². The summed E-state index contributed by atoms with van der Waals surface area (Å²) in [5.74, 6) is 0. The Morgan fingerprint density at radius 2 is 1.67 bits per heavy atom. The van der Waals surface area contributed by atoms with Crippen molar-refractivity contribution in [1.29, 1.82) is 0 Å². The van der Waals surface area contributed by atoms with Crippen LogP contribution in [0.15, 0.2) is 18.2 Å². The normalized spacial score (nSPS) is 12.7. The average molecular weight is 285 g/mol. The number of nitrogens with one attached hydrogen (secondary N) is 1. The van der Waals surface area contributed by atoms with Gasteiger partial charge in [-0.25, -0.2) is 0 Å². The average Bonchev–Trinajstić information content (AvgIpc) is 2.65. The monoisotopic (exact) mass is 285 g/mol. The second-order valence-corrected chi connectivity index (χ2v) is 6.01. The molecule has 1 unspecified atom stereocenters. The minimum absolute atomic E-state index is 0.297. The number of aryl methyl sites for hydroxylation is 3. The standard InChI is InChI=1S/C18H27N3/c1-7-19-18(17-9-12(2)8-13(3)10-17)11-21-16(6)14(4)15(5)20-21/h8-10,18-19H,7,11H2,1-6H3. The fraction of sp³-hybridized carbons (Fsp3) is 0.500. The first-order chi connectivity index (χ1) is 9.92. The predicted octanol–water partition coefficient (Wildman–Crippen LogP) is 3.78. The third kappa shape index (κ3) is 3.53. The van der Waals surface area contributed by atoms with Gasteiger partial charge in [-0.2, -0.15) is 5.10 Å². The van der Waals surface area contributed by atoms with Gasteiger partial charge >= 0.3 is 0 Å². The van der Waals surface area contributed by atoms with Crippen LogP contribution in [0.3, 0.4) is 0 Å². The van der Waals surface area contributed by atoms with Crippen molar-refractivity contribution in [2.24, 2.45) is 0 Å². The molecule has 2 aromatic rings. The van der Waals surface area contributed by atoms with Gasteiger partial charge in [-0.1, -0.05) is 36.2 Å². The Morgan fingerprint density at radius 1 is 1.05 bits per heavy atom. The molecule has 1 aromatic carbocycles. The second kappa shape index (κ2) is 6.44. The Kier molecular flexibility index (Phi) is 4.84. The highest BCUT2D eigenvalue weighted by molar-refractivity contribution is 5.31. The zero-order valence-electron chi connectivity index (χ0n) is 14.1. The highest BCUT2D eigenvalue weighted by Gasteiger charge is 2.15. The first kappa shape index (κ1) is 15.8. The zero-order chi connectivity index (χ0) is 15.6. The number of aromatic nitrogens is 2. The molecule has 0 spiro atoms. The van der Waals surface area contributed by atoms with Crippen molar-refractivity contribution < 1.29 is 0 Å². The van der Waals surface area contributed by atoms with E-state index in [1.165, 1.54) is 27.9 Å². The summed E-state index contributed by atoms with van der Waals surface area (Å²) < 4.78 is 2.13. The first-order valence-corrected chi connectivity index (χ1v) is 7.74. The van der Waals surface area contributed by atoms with Crippen LogP contribution in [0.1, 0.15) is 46.6 Å². The molecule has 114 valence electrons. The van der Waals surface area contributed by atoms with E-state index in [2.05, 4.69) is 74.8 Å². The van der Waals surface area contributed by atoms with E-state index in [0.29, 0.717) is 6.04 Å². The second-order valence-electron chi connectivity index (χ2n) is 6.01. The van der Waals surface area contributed by atoms with E-state index in [0.717, 1.165) is 18.8 Å². The fourth-order valence-electron chi connectivity index (χ4n) is 2.88. The Bertz CT molecular complexity index is 605. The van der Waals surface area contributed by atoms with Crippen molar-refractivity contribution in [2.45, 2.75) is 54.1 Å². The van der Waals surface area contributed by atoms with Crippen LogP contribution in [-0.2, 0) is 6.54 Å². The maximum atomic E-state index is 4.68. The molecular weight excluding hydrogens is 258 g/mol. The molecule has 0 aliphatic heterocycles. The SMILES string of the molecule is CCNC(Cn1nc(C)c(C)c1C)c1cc(C)cc(C)c1. The van der Waals surface area contributed by atoms with Gasteiger partial charge in [0, 0.05) is 5.69 Å². The minimum atomic E-state index is 0.297. The summed E-state index contributed by atoms with van der Waals surface area (Å²) >= 11 is 0. The largest absolute Gasteiger partial charge is 0.309 e. The predicted molar refractivity (Wildman–Crippen MR) is 88.8 cm³/mol. The molecule has 0 radical (unpaired) electrons. The van der Waals surface area contributed by atoms with Crippen molar-refractivity contribution in [2.75, 3.05) is 6.54 Å². The molecule has 0 fully saturated rings. The lowest BCUT2D eigenvalue weighted by atomic mass is 10.0. The van der Waals surface area contributed by atoms with Crippen molar-refractivity contribution in [1.82, 2.24) is 15.1 Å². The highest BCUT2D eigenvalue weighted by atomic mass is 15.3. The van der Waals surface area contributed by atoms with E-state index in [-0.39, 0.29) is 0 Å². The lowest BCUT2D eigenvalue weighted by Gasteiger charge is -2.20. The third-order valence-corrected chi connectivity index (χ3v) is 4.20. The molecule has 0 saturated heterocycles. The molecule has 2 rings (SSSR count). The van der Waals surface area contributed by atoms with Gasteiger partial charge in [0.15, 0.2) is 0 Å². The molecule has 0 bridgehead atoms. The number of hydrogen-bond donors (Lipinski definition) is 1. The van der Waals surface area contributed by atoms with E-state index in [1.807, 2.05) is 0 Å². The number of rotatable bonds is 5. The summed E-state index contributed by atoms with van der Waals surface area (Å²) in [6.07, 6.45) is 0.